The Bertz CT molecular complexity index is 737. The Hall–Kier alpha value is -2.62. The Balaban J connectivity index is 3.43. The molecule has 0 N–H and O–H groups in total. The van der Waals surface area contributed by atoms with E-state index < -0.39 is 40.6 Å². The molecule has 0 aromatic carbocycles. The van der Waals surface area contributed by atoms with E-state index >= 15 is 0 Å². The molecule has 0 aliphatic heterocycles. The lowest BCUT2D eigenvalue weighted by molar-refractivity contribution is -0.175. The minimum atomic E-state index is -1.67. The maximum absolute atomic E-state index is 13.0. The molecule has 1 rings (SSSR count). The molecule has 0 saturated carbocycles. The second-order valence-electron chi connectivity index (χ2n) is 7.33. The summed E-state index contributed by atoms with van der Waals surface area (Å²) in [7, 11) is 0. The van der Waals surface area contributed by atoms with Gasteiger partial charge in [-0.25, -0.2) is 0 Å². The van der Waals surface area contributed by atoms with Gasteiger partial charge in [0.05, 0.1) is 19.8 Å². The lowest BCUT2D eigenvalue weighted by Crippen LogP contribution is -2.48. The first-order chi connectivity index (χ1) is 14.2. The van der Waals surface area contributed by atoms with Gasteiger partial charge in [-0.2, -0.15) is 0 Å². The molecule has 0 amide bonds. The standard InChI is InChI=1S/C23H32O7/c1-7-11-14-23(20(26)29-9-3,21(27)30-10-4)18-13-12-17(15-18)22(6,16(5)24)19(25)28-8-2/h12-13,17-18H,8-10,14-15H2,1-6H3/t17-,18+,22?/m1/s1. The highest BCUT2D eigenvalue weighted by atomic mass is 16.6. The second kappa shape index (κ2) is 11.0. The van der Waals surface area contributed by atoms with Crippen molar-refractivity contribution < 1.29 is 33.4 Å². The van der Waals surface area contributed by atoms with Gasteiger partial charge in [0, 0.05) is 18.3 Å². The molecule has 0 spiro atoms. The molecule has 7 nitrogen and oxygen atoms in total. The van der Waals surface area contributed by atoms with E-state index in [9.17, 15) is 19.2 Å². The number of carbonyl (C=O) groups excluding carboxylic acids is 4. The lowest BCUT2D eigenvalue weighted by Gasteiger charge is -2.35. The van der Waals surface area contributed by atoms with Crippen molar-refractivity contribution >= 4 is 23.7 Å². The first kappa shape index (κ1) is 25.4. The fourth-order valence-corrected chi connectivity index (χ4v) is 3.74. The number of ketones is 1. The van der Waals surface area contributed by atoms with Crippen molar-refractivity contribution in [3.05, 3.63) is 12.2 Å². The largest absolute Gasteiger partial charge is 0.465 e. The summed E-state index contributed by atoms with van der Waals surface area (Å²) in [6.07, 6.45) is 3.52. The molecule has 0 bridgehead atoms. The molecule has 0 heterocycles. The van der Waals surface area contributed by atoms with Crippen molar-refractivity contribution in [2.24, 2.45) is 22.7 Å². The highest BCUT2D eigenvalue weighted by Crippen LogP contribution is 2.48. The zero-order chi connectivity index (χ0) is 22.9. The normalized spacial score (nSPS) is 19.8. The summed E-state index contributed by atoms with van der Waals surface area (Å²) >= 11 is 0. The molecule has 166 valence electrons. The Morgan fingerprint density at radius 1 is 0.900 bits per heavy atom. The highest BCUT2D eigenvalue weighted by Gasteiger charge is 2.58. The highest BCUT2D eigenvalue weighted by molar-refractivity contribution is 6.03. The first-order valence-electron chi connectivity index (χ1n) is 10.3. The summed E-state index contributed by atoms with van der Waals surface area (Å²) in [6, 6.07) is 0. The number of hydrogen-bond acceptors (Lipinski definition) is 7. The maximum Gasteiger partial charge on any atom is 0.325 e. The van der Waals surface area contributed by atoms with Crippen LogP contribution in [0.1, 0.15) is 54.4 Å². The molecule has 3 atom stereocenters. The van der Waals surface area contributed by atoms with E-state index in [1.165, 1.54) is 13.8 Å². The summed E-state index contributed by atoms with van der Waals surface area (Å²) in [5.74, 6) is 1.94. The molecule has 7 heteroatoms. The van der Waals surface area contributed by atoms with E-state index in [1.54, 1.807) is 39.8 Å². The Morgan fingerprint density at radius 2 is 1.37 bits per heavy atom. The molecule has 0 fully saturated rings. The predicted molar refractivity (Wildman–Crippen MR) is 110 cm³/mol. The van der Waals surface area contributed by atoms with Crippen LogP contribution >= 0.6 is 0 Å². The van der Waals surface area contributed by atoms with E-state index in [2.05, 4.69) is 11.8 Å². The minimum absolute atomic E-state index is 0.0842. The summed E-state index contributed by atoms with van der Waals surface area (Å²) in [6.45, 7) is 9.78. The van der Waals surface area contributed by atoms with Crippen LogP contribution in [0.2, 0.25) is 0 Å². The number of Topliss-reactive ketones (excluding diaryl/α,β-unsaturated/α-hetero) is 1. The van der Waals surface area contributed by atoms with Gasteiger partial charge in [-0.15, -0.1) is 11.8 Å². The van der Waals surface area contributed by atoms with Crippen molar-refractivity contribution in [2.45, 2.75) is 54.4 Å². The third kappa shape index (κ3) is 4.75. The number of carbonyl (C=O) groups is 4. The zero-order valence-electron chi connectivity index (χ0n) is 18.7. The summed E-state index contributed by atoms with van der Waals surface area (Å²) in [5.41, 5.74) is -3.10. The van der Waals surface area contributed by atoms with Gasteiger partial charge < -0.3 is 14.2 Å². The molecule has 0 aromatic heterocycles. The van der Waals surface area contributed by atoms with E-state index in [4.69, 9.17) is 14.2 Å². The van der Waals surface area contributed by atoms with Gasteiger partial charge in [-0.3, -0.25) is 19.2 Å². The maximum atomic E-state index is 13.0. The van der Waals surface area contributed by atoms with Crippen LogP contribution in [0.4, 0.5) is 0 Å². The SMILES string of the molecule is CC#CCC(C(=O)OCC)(C(=O)OCC)[C@H]1C=C[C@@H](C(C)(C(C)=O)C(=O)OCC)C1. The number of allylic oxidation sites excluding steroid dienone is 2. The van der Waals surface area contributed by atoms with Crippen molar-refractivity contribution in [1.29, 1.82) is 0 Å². The second-order valence-corrected chi connectivity index (χ2v) is 7.33. The fraction of sp³-hybridized carbons (Fsp3) is 0.652. The van der Waals surface area contributed by atoms with Crippen LogP contribution in [0.15, 0.2) is 12.2 Å². The molecule has 0 radical (unpaired) electrons. The van der Waals surface area contributed by atoms with Crippen LogP contribution in [-0.4, -0.2) is 43.5 Å². The fourth-order valence-electron chi connectivity index (χ4n) is 3.74. The Labute approximate surface area is 178 Å². The van der Waals surface area contributed by atoms with Gasteiger partial charge >= 0.3 is 17.9 Å². The van der Waals surface area contributed by atoms with Gasteiger partial charge in [0.15, 0.2) is 5.41 Å². The summed E-state index contributed by atoms with van der Waals surface area (Å²) < 4.78 is 15.6. The van der Waals surface area contributed by atoms with Crippen molar-refractivity contribution in [3.63, 3.8) is 0 Å². The van der Waals surface area contributed by atoms with E-state index in [0.717, 1.165) is 0 Å². The topological polar surface area (TPSA) is 96.0 Å². The monoisotopic (exact) mass is 420 g/mol. The van der Waals surface area contributed by atoms with Crippen molar-refractivity contribution in [2.75, 3.05) is 19.8 Å². The van der Waals surface area contributed by atoms with Crippen LogP contribution < -0.4 is 0 Å². The number of hydrogen-bond donors (Lipinski definition) is 0. The average Bonchev–Trinajstić information content (AvgIpc) is 3.19. The molecule has 1 unspecified atom stereocenters. The molecule has 30 heavy (non-hydrogen) atoms. The van der Waals surface area contributed by atoms with Gasteiger partial charge in [-0.05, 0) is 48.0 Å². The van der Waals surface area contributed by atoms with E-state index in [1.807, 2.05) is 0 Å². The zero-order valence-corrected chi connectivity index (χ0v) is 18.7. The number of ether oxygens (including phenoxy) is 3. The van der Waals surface area contributed by atoms with Crippen LogP contribution in [0, 0.1) is 34.5 Å². The molecule has 1 aliphatic carbocycles. The molecular weight excluding hydrogens is 388 g/mol. The van der Waals surface area contributed by atoms with Crippen molar-refractivity contribution in [1.82, 2.24) is 0 Å². The van der Waals surface area contributed by atoms with Crippen LogP contribution in [0.25, 0.3) is 0 Å². The van der Waals surface area contributed by atoms with Crippen molar-refractivity contribution in [3.8, 4) is 11.8 Å². The Morgan fingerprint density at radius 3 is 1.80 bits per heavy atom. The quantitative estimate of drug-likeness (QED) is 0.176. The summed E-state index contributed by atoms with van der Waals surface area (Å²) in [5, 5.41) is 0. The molecule has 0 saturated heterocycles. The van der Waals surface area contributed by atoms with Crippen LogP contribution in [-0.2, 0) is 33.4 Å². The van der Waals surface area contributed by atoms with Crippen LogP contribution in [0.5, 0.6) is 0 Å². The smallest absolute Gasteiger partial charge is 0.325 e. The third-order valence-electron chi connectivity index (χ3n) is 5.71. The van der Waals surface area contributed by atoms with Gasteiger partial charge in [0.1, 0.15) is 11.2 Å². The summed E-state index contributed by atoms with van der Waals surface area (Å²) in [4.78, 5) is 51.1. The lowest BCUT2D eigenvalue weighted by atomic mass is 9.67. The number of esters is 3. The van der Waals surface area contributed by atoms with Gasteiger partial charge in [0.2, 0.25) is 0 Å². The Kier molecular flexibility index (Phi) is 9.28. The minimum Gasteiger partial charge on any atom is -0.465 e. The van der Waals surface area contributed by atoms with E-state index in [0.29, 0.717) is 0 Å². The predicted octanol–water partition coefficient (Wildman–Crippen LogP) is 2.86. The van der Waals surface area contributed by atoms with Crippen LogP contribution in [0.3, 0.4) is 0 Å². The van der Waals surface area contributed by atoms with Gasteiger partial charge in [-0.1, -0.05) is 12.2 Å². The number of rotatable bonds is 10. The molecular formula is C23H32O7. The van der Waals surface area contributed by atoms with E-state index in [-0.39, 0.29) is 38.4 Å². The molecule has 0 aromatic rings. The average molecular weight is 421 g/mol. The van der Waals surface area contributed by atoms with Gasteiger partial charge in [0.25, 0.3) is 0 Å². The first-order valence-corrected chi connectivity index (χ1v) is 10.3. The molecule has 1 aliphatic rings. The third-order valence-corrected chi connectivity index (χ3v) is 5.71.